The molecule has 8 heteroatoms. The van der Waals surface area contributed by atoms with Gasteiger partial charge in [-0.3, -0.25) is 9.36 Å². The molecule has 0 unspecified atom stereocenters. The van der Waals surface area contributed by atoms with Crippen molar-refractivity contribution in [2.45, 2.75) is 6.54 Å². The predicted octanol–water partition coefficient (Wildman–Crippen LogP) is 3.05. The van der Waals surface area contributed by atoms with E-state index in [-0.39, 0.29) is 5.88 Å². The molecule has 0 saturated carbocycles. The van der Waals surface area contributed by atoms with Crippen LogP contribution in [0.25, 0.3) is 5.57 Å². The van der Waals surface area contributed by atoms with Crippen LogP contribution in [0.15, 0.2) is 47.5 Å². The maximum absolute atomic E-state index is 12.5. The van der Waals surface area contributed by atoms with Gasteiger partial charge >= 0.3 is 0 Å². The third kappa shape index (κ3) is 3.18. The molecule has 27 heavy (non-hydrogen) atoms. The van der Waals surface area contributed by atoms with Crippen LogP contribution >= 0.6 is 35.2 Å². The summed E-state index contributed by atoms with van der Waals surface area (Å²) in [6.45, 7) is 0.377. The first-order valence-electron chi connectivity index (χ1n) is 7.97. The second kappa shape index (κ2) is 6.92. The number of nitrogens with zero attached hydrogens (tertiary/aromatic N) is 2. The number of halogens is 1. The number of carbonyl (C=O) groups is 1. The Kier molecular flexibility index (Phi) is 4.59. The van der Waals surface area contributed by atoms with E-state index in [1.54, 1.807) is 42.0 Å². The molecule has 1 aliphatic rings. The number of hydrogen-bond acceptors (Lipinski definition) is 5. The predicted molar refractivity (Wildman–Crippen MR) is 107 cm³/mol. The molecule has 0 aliphatic carbocycles. The number of aromatic nitrogens is 1. The standard InChI is InChI=1S/C19H13ClN2O3S2/c1-25-12-6-7-14-13(8-12)15(17(23)21-14)16-18(24)22(19(26)27-16)9-10-2-4-11(20)5-3-10/h2-8,24H,9H2,1H3. The largest absolute Gasteiger partial charge is 0.497 e. The van der Waals surface area contributed by atoms with Crippen molar-refractivity contribution in [3.63, 3.8) is 0 Å². The average Bonchev–Trinajstić information content (AvgIpc) is 3.12. The van der Waals surface area contributed by atoms with Gasteiger partial charge in [-0.2, -0.15) is 0 Å². The number of amides is 1. The molecule has 2 heterocycles. The van der Waals surface area contributed by atoms with E-state index in [0.717, 1.165) is 5.56 Å². The van der Waals surface area contributed by atoms with Crippen molar-refractivity contribution in [1.82, 2.24) is 4.57 Å². The van der Waals surface area contributed by atoms with Gasteiger partial charge in [0.05, 0.1) is 24.6 Å². The molecular weight excluding hydrogens is 404 g/mol. The van der Waals surface area contributed by atoms with Gasteiger partial charge in [-0.25, -0.2) is 4.99 Å². The topological polar surface area (TPSA) is 63.8 Å². The molecule has 2 aromatic carbocycles. The minimum absolute atomic E-state index is 0.0471. The lowest BCUT2D eigenvalue weighted by Crippen LogP contribution is -2.23. The number of aromatic hydroxyl groups is 1. The summed E-state index contributed by atoms with van der Waals surface area (Å²) in [5, 5.41) is 12.6. The lowest BCUT2D eigenvalue weighted by molar-refractivity contribution is -0.112. The number of methoxy groups -OCH3 is 1. The van der Waals surface area contributed by atoms with Gasteiger partial charge in [-0.05, 0) is 48.1 Å². The number of fused-ring (bicyclic) bond motifs is 1. The number of carbonyl (C=O) groups excluding carboxylic acids is 1. The van der Waals surface area contributed by atoms with Crippen molar-refractivity contribution in [2.75, 3.05) is 7.11 Å². The second-order valence-corrected chi connectivity index (χ2v) is 7.99. The summed E-state index contributed by atoms with van der Waals surface area (Å²) < 4.78 is 7.31. The molecule has 0 bridgehead atoms. The van der Waals surface area contributed by atoms with Crippen molar-refractivity contribution in [1.29, 1.82) is 0 Å². The van der Waals surface area contributed by atoms with E-state index in [4.69, 9.17) is 28.6 Å². The molecule has 3 aromatic rings. The Hall–Kier alpha value is -2.48. The first-order valence-corrected chi connectivity index (χ1v) is 9.57. The minimum atomic E-state index is -0.400. The third-order valence-electron chi connectivity index (χ3n) is 4.26. The van der Waals surface area contributed by atoms with Crippen LogP contribution in [-0.4, -0.2) is 22.7 Å². The van der Waals surface area contributed by atoms with Crippen molar-refractivity contribution in [2.24, 2.45) is 4.99 Å². The van der Waals surface area contributed by atoms with E-state index < -0.39 is 5.91 Å². The first kappa shape index (κ1) is 17.9. The highest BCUT2D eigenvalue weighted by molar-refractivity contribution is 7.73. The number of benzene rings is 2. The van der Waals surface area contributed by atoms with Gasteiger partial charge < -0.3 is 9.84 Å². The Labute approximate surface area is 168 Å². The fraction of sp³-hybridized carbons (Fsp3) is 0.105. The zero-order valence-corrected chi connectivity index (χ0v) is 16.5. The van der Waals surface area contributed by atoms with Crippen molar-refractivity contribution in [3.8, 4) is 11.6 Å². The van der Waals surface area contributed by atoms with Crippen molar-refractivity contribution < 1.29 is 14.6 Å². The lowest BCUT2D eigenvalue weighted by atomic mass is 10.1. The zero-order valence-electron chi connectivity index (χ0n) is 14.1. The molecule has 1 N–H and O–H groups in total. The molecule has 0 atom stereocenters. The minimum Gasteiger partial charge on any atom is -0.497 e. The van der Waals surface area contributed by atoms with Gasteiger partial charge in [0.15, 0.2) is 3.95 Å². The van der Waals surface area contributed by atoms with Crippen molar-refractivity contribution in [3.05, 3.63) is 72.5 Å². The quantitative estimate of drug-likeness (QED) is 0.664. The Morgan fingerprint density at radius 2 is 2.00 bits per heavy atom. The van der Waals surface area contributed by atoms with Gasteiger partial charge in [0.2, 0.25) is 5.88 Å². The van der Waals surface area contributed by atoms with Gasteiger partial charge in [0.1, 0.15) is 10.6 Å². The van der Waals surface area contributed by atoms with E-state index in [2.05, 4.69) is 4.99 Å². The maximum Gasteiger partial charge on any atom is 0.279 e. The van der Waals surface area contributed by atoms with E-state index in [0.29, 0.717) is 42.3 Å². The average molecular weight is 417 g/mol. The number of hydrogen-bond donors (Lipinski definition) is 1. The smallest absolute Gasteiger partial charge is 0.279 e. The molecular formula is C19H13ClN2O3S2. The summed E-state index contributed by atoms with van der Waals surface area (Å²) in [7, 11) is 1.55. The highest BCUT2D eigenvalue weighted by Crippen LogP contribution is 2.33. The van der Waals surface area contributed by atoms with Gasteiger partial charge in [-0.1, -0.05) is 23.7 Å². The zero-order chi connectivity index (χ0) is 19.1. The van der Waals surface area contributed by atoms with Crippen molar-refractivity contribution >= 4 is 46.6 Å². The molecule has 1 aromatic heterocycles. The molecule has 0 radical (unpaired) electrons. The molecule has 5 nitrogen and oxygen atoms in total. The summed E-state index contributed by atoms with van der Waals surface area (Å²) >= 11 is 12.5. The highest BCUT2D eigenvalue weighted by Gasteiger charge is 2.25. The summed E-state index contributed by atoms with van der Waals surface area (Å²) in [5.74, 6) is 0.164. The van der Waals surface area contributed by atoms with Crippen LogP contribution in [0, 0.1) is 3.95 Å². The summed E-state index contributed by atoms with van der Waals surface area (Å²) in [6.07, 6.45) is 0. The Morgan fingerprint density at radius 1 is 1.26 bits per heavy atom. The fourth-order valence-electron chi connectivity index (χ4n) is 2.91. The Balaban J connectivity index is 1.86. The van der Waals surface area contributed by atoms with Crippen LogP contribution < -0.4 is 15.3 Å². The third-order valence-corrected chi connectivity index (χ3v) is 5.97. The first-order chi connectivity index (χ1) is 13.0. The number of rotatable bonds is 4. The monoisotopic (exact) mass is 416 g/mol. The van der Waals surface area contributed by atoms with E-state index >= 15 is 0 Å². The normalized spacial score (nSPS) is 12.8. The summed E-state index contributed by atoms with van der Waals surface area (Å²) in [6, 6.07) is 12.5. The van der Waals surface area contributed by atoms with Crippen LogP contribution in [0.2, 0.25) is 5.02 Å². The van der Waals surface area contributed by atoms with Crippen LogP contribution in [0.5, 0.6) is 11.6 Å². The van der Waals surface area contributed by atoms with E-state index in [1.807, 2.05) is 12.1 Å². The summed E-state index contributed by atoms with van der Waals surface area (Å²) in [4.78, 5) is 17.0. The maximum atomic E-state index is 12.5. The van der Waals surface area contributed by atoms with Gasteiger partial charge in [0.25, 0.3) is 5.91 Å². The molecule has 4 rings (SSSR count). The van der Waals surface area contributed by atoms with E-state index in [9.17, 15) is 9.90 Å². The van der Waals surface area contributed by atoms with Gasteiger partial charge in [-0.15, -0.1) is 11.3 Å². The molecule has 0 saturated heterocycles. The number of ether oxygens (including phenoxy) is 1. The SMILES string of the molecule is COc1ccc2c(c1)=C(c1sc(=S)n(Cc3ccc(Cl)cc3)c1O)C(=O)N=2. The summed E-state index contributed by atoms with van der Waals surface area (Å²) in [5.41, 5.74) is 1.28. The van der Waals surface area contributed by atoms with Crippen LogP contribution in [0.1, 0.15) is 10.4 Å². The van der Waals surface area contributed by atoms with Crippen LogP contribution in [0.3, 0.4) is 0 Å². The molecule has 1 aliphatic heterocycles. The molecule has 1 amide bonds. The highest BCUT2D eigenvalue weighted by atomic mass is 35.5. The fourth-order valence-corrected chi connectivity index (χ4v) is 4.38. The molecule has 136 valence electrons. The van der Waals surface area contributed by atoms with Crippen LogP contribution in [-0.2, 0) is 11.3 Å². The lowest BCUT2D eigenvalue weighted by Gasteiger charge is -2.06. The van der Waals surface area contributed by atoms with Gasteiger partial charge in [0, 0.05) is 10.2 Å². The molecule has 0 spiro atoms. The Morgan fingerprint density at radius 3 is 2.70 bits per heavy atom. The molecule has 0 fully saturated rings. The second-order valence-electron chi connectivity index (χ2n) is 5.91. The van der Waals surface area contributed by atoms with Crippen LogP contribution in [0.4, 0.5) is 0 Å². The Bertz CT molecular complexity index is 1240. The number of thiazole rings is 1. The van der Waals surface area contributed by atoms with E-state index in [1.165, 1.54) is 11.3 Å².